The molecule has 1 aromatic heterocycles. The monoisotopic (exact) mass is 344 g/mol. The van der Waals surface area contributed by atoms with Crippen molar-refractivity contribution in [2.24, 2.45) is 4.99 Å². The van der Waals surface area contributed by atoms with E-state index in [-0.39, 0.29) is 11.5 Å². The van der Waals surface area contributed by atoms with Crippen LogP contribution in [0.2, 0.25) is 0 Å². The van der Waals surface area contributed by atoms with Crippen LogP contribution in [-0.4, -0.2) is 31.6 Å². The summed E-state index contributed by atoms with van der Waals surface area (Å²) in [6.07, 6.45) is 1.73. The van der Waals surface area contributed by atoms with E-state index >= 15 is 0 Å². The summed E-state index contributed by atoms with van der Waals surface area (Å²) in [5, 5.41) is 6.48. The lowest BCUT2D eigenvalue weighted by Gasteiger charge is -2.18. The molecule has 1 unspecified atom stereocenters. The second-order valence-corrected chi connectivity index (χ2v) is 6.81. The molecule has 0 saturated carbocycles. The van der Waals surface area contributed by atoms with Crippen LogP contribution in [0.4, 0.5) is 0 Å². The number of rotatable bonds is 6. The molecule has 1 atom stereocenters. The van der Waals surface area contributed by atoms with E-state index in [4.69, 9.17) is 9.15 Å². The number of hydrogen-bond acceptors (Lipinski definition) is 4. The van der Waals surface area contributed by atoms with Gasteiger partial charge < -0.3 is 19.8 Å². The highest BCUT2D eigenvalue weighted by Gasteiger charge is 2.19. The largest absolute Gasteiger partial charge is 0.443 e. The van der Waals surface area contributed by atoms with Crippen LogP contribution in [0.15, 0.2) is 45.9 Å². The maximum Gasteiger partial charge on any atom is 0.213 e. The molecule has 0 saturated heterocycles. The van der Waals surface area contributed by atoms with Crippen molar-refractivity contribution in [2.45, 2.75) is 38.8 Å². The van der Waals surface area contributed by atoms with Crippen LogP contribution in [0.1, 0.15) is 44.1 Å². The fourth-order valence-corrected chi connectivity index (χ4v) is 2.31. The van der Waals surface area contributed by atoms with Gasteiger partial charge >= 0.3 is 0 Å². The second-order valence-electron chi connectivity index (χ2n) is 6.81. The van der Waals surface area contributed by atoms with Crippen LogP contribution in [-0.2, 0) is 16.7 Å². The van der Waals surface area contributed by atoms with E-state index in [2.05, 4.69) is 41.4 Å². The molecule has 0 radical (unpaired) electrons. The van der Waals surface area contributed by atoms with Crippen LogP contribution < -0.4 is 10.6 Å². The number of aliphatic imine (C=N–C) groups is 1. The Bertz CT molecular complexity index is 674. The van der Waals surface area contributed by atoms with E-state index in [0.717, 1.165) is 11.3 Å². The minimum atomic E-state index is -0.0491. The van der Waals surface area contributed by atoms with E-state index in [0.29, 0.717) is 24.9 Å². The van der Waals surface area contributed by atoms with Gasteiger partial charge in [-0.25, -0.2) is 4.98 Å². The Morgan fingerprint density at radius 1 is 1.24 bits per heavy atom. The highest BCUT2D eigenvalue weighted by Crippen LogP contribution is 2.22. The Morgan fingerprint density at radius 3 is 2.52 bits per heavy atom. The minimum absolute atomic E-state index is 0.0472. The Labute approximate surface area is 149 Å². The van der Waals surface area contributed by atoms with Crippen molar-refractivity contribution >= 4 is 5.96 Å². The summed E-state index contributed by atoms with van der Waals surface area (Å²) in [6, 6.07) is 10.1. The van der Waals surface area contributed by atoms with Gasteiger partial charge in [0.05, 0.1) is 18.8 Å². The number of nitrogens with one attached hydrogen (secondary N) is 2. The Balaban J connectivity index is 1.87. The fraction of sp³-hybridized carbons (Fsp3) is 0.474. The van der Waals surface area contributed by atoms with Gasteiger partial charge in [-0.2, -0.15) is 0 Å². The zero-order valence-corrected chi connectivity index (χ0v) is 15.7. The van der Waals surface area contributed by atoms with E-state index in [9.17, 15) is 0 Å². The number of aromatic nitrogens is 1. The Kier molecular flexibility index (Phi) is 6.58. The van der Waals surface area contributed by atoms with Gasteiger partial charge in [0.1, 0.15) is 5.76 Å². The van der Waals surface area contributed by atoms with Crippen molar-refractivity contribution in [3.8, 4) is 0 Å². The summed E-state index contributed by atoms with van der Waals surface area (Å²) in [5.74, 6) is 2.18. The van der Waals surface area contributed by atoms with Gasteiger partial charge in [-0.05, 0) is 5.56 Å². The van der Waals surface area contributed by atoms with Gasteiger partial charge in [0.25, 0.3) is 0 Å². The quantitative estimate of drug-likeness (QED) is 0.622. The van der Waals surface area contributed by atoms with Crippen LogP contribution >= 0.6 is 0 Å². The molecule has 0 spiro atoms. The van der Waals surface area contributed by atoms with Gasteiger partial charge in [-0.1, -0.05) is 51.1 Å². The molecule has 0 fully saturated rings. The predicted molar refractivity (Wildman–Crippen MR) is 99.6 cm³/mol. The van der Waals surface area contributed by atoms with Crippen LogP contribution in [0, 0.1) is 0 Å². The van der Waals surface area contributed by atoms with Crippen LogP contribution in [0.5, 0.6) is 0 Å². The van der Waals surface area contributed by atoms with Crippen LogP contribution in [0.3, 0.4) is 0 Å². The zero-order chi connectivity index (χ0) is 18.3. The molecule has 6 heteroatoms. The normalized spacial score (nSPS) is 13.6. The number of hydrogen-bond donors (Lipinski definition) is 2. The topological polar surface area (TPSA) is 71.7 Å². The molecule has 25 heavy (non-hydrogen) atoms. The number of nitrogens with zero attached hydrogens (tertiary/aromatic N) is 2. The predicted octanol–water partition coefficient (Wildman–Crippen LogP) is 3.02. The SMILES string of the molecule is CN=C(NCc1ncc(C(C)(C)C)o1)NCC(OC)c1ccccc1. The molecule has 2 N–H and O–H groups in total. The van der Waals surface area contributed by atoms with Crippen molar-refractivity contribution in [3.05, 3.63) is 53.7 Å². The second kappa shape index (κ2) is 8.67. The van der Waals surface area contributed by atoms with Crippen molar-refractivity contribution < 1.29 is 9.15 Å². The average Bonchev–Trinajstić information content (AvgIpc) is 3.08. The first-order valence-corrected chi connectivity index (χ1v) is 8.41. The molecule has 2 aromatic rings. The van der Waals surface area contributed by atoms with Crippen molar-refractivity contribution in [3.63, 3.8) is 0 Å². The highest BCUT2D eigenvalue weighted by molar-refractivity contribution is 5.79. The van der Waals surface area contributed by atoms with E-state index in [1.165, 1.54) is 0 Å². The highest BCUT2D eigenvalue weighted by atomic mass is 16.5. The van der Waals surface area contributed by atoms with Crippen molar-refractivity contribution in [2.75, 3.05) is 20.7 Å². The third-order valence-corrected chi connectivity index (χ3v) is 3.83. The molecule has 0 bridgehead atoms. The third-order valence-electron chi connectivity index (χ3n) is 3.83. The van der Waals surface area contributed by atoms with E-state index in [1.54, 1.807) is 20.4 Å². The molecular formula is C19H28N4O2. The number of benzene rings is 1. The maximum absolute atomic E-state index is 5.78. The molecule has 0 aliphatic rings. The van der Waals surface area contributed by atoms with Crippen LogP contribution in [0.25, 0.3) is 0 Å². The molecular weight excluding hydrogens is 316 g/mol. The summed E-state index contributed by atoms with van der Waals surface area (Å²) >= 11 is 0. The van der Waals surface area contributed by atoms with Gasteiger partial charge in [0, 0.05) is 26.1 Å². The standard InChI is InChI=1S/C19H28N4O2/c1-19(2,3)16-12-21-17(25-16)13-23-18(20-4)22-11-15(24-5)14-9-7-6-8-10-14/h6-10,12,15H,11,13H2,1-5H3,(H2,20,22,23). The first kappa shape index (κ1) is 19.0. The smallest absolute Gasteiger partial charge is 0.213 e. The number of oxazole rings is 1. The Morgan fingerprint density at radius 2 is 1.96 bits per heavy atom. The molecule has 2 rings (SSSR count). The van der Waals surface area contributed by atoms with Crippen molar-refractivity contribution in [1.29, 1.82) is 0 Å². The molecule has 1 heterocycles. The van der Waals surface area contributed by atoms with E-state index in [1.807, 2.05) is 30.3 Å². The van der Waals surface area contributed by atoms with E-state index < -0.39 is 0 Å². The number of guanidine groups is 1. The zero-order valence-electron chi connectivity index (χ0n) is 15.7. The van der Waals surface area contributed by atoms with Crippen molar-refractivity contribution in [1.82, 2.24) is 15.6 Å². The lowest BCUT2D eigenvalue weighted by Crippen LogP contribution is -2.39. The minimum Gasteiger partial charge on any atom is -0.443 e. The molecule has 136 valence electrons. The number of ether oxygens (including phenoxy) is 1. The maximum atomic E-state index is 5.78. The first-order chi connectivity index (χ1) is 11.9. The average molecular weight is 344 g/mol. The molecule has 0 aliphatic carbocycles. The molecule has 6 nitrogen and oxygen atoms in total. The fourth-order valence-electron chi connectivity index (χ4n) is 2.31. The first-order valence-electron chi connectivity index (χ1n) is 8.41. The summed E-state index contributed by atoms with van der Waals surface area (Å²) in [7, 11) is 3.44. The van der Waals surface area contributed by atoms with Gasteiger partial charge in [0.15, 0.2) is 5.96 Å². The van der Waals surface area contributed by atoms with Gasteiger partial charge in [-0.15, -0.1) is 0 Å². The lowest BCUT2D eigenvalue weighted by molar-refractivity contribution is 0.106. The Hall–Kier alpha value is -2.34. The molecule has 0 amide bonds. The molecule has 1 aromatic carbocycles. The third kappa shape index (κ3) is 5.60. The summed E-state index contributed by atoms with van der Waals surface area (Å²) in [6.45, 7) is 7.37. The lowest BCUT2D eigenvalue weighted by atomic mass is 9.94. The van der Waals surface area contributed by atoms with Gasteiger partial charge in [0.2, 0.25) is 5.89 Å². The van der Waals surface area contributed by atoms with Gasteiger partial charge in [-0.3, -0.25) is 4.99 Å². The summed E-state index contributed by atoms with van der Waals surface area (Å²) < 4.78 is 11.3. The molecule has 0 aliphatic heterocycles. The summed E-state index contributed by atoms with van der Waals surface area (Å²) in [5.41, 5.74) is 1.07. The number of methoxy groups -OCH3 is 1. The summed E-state index contributed by atoms with van der Waals surface area (Å²) in [4.78, 5) is 8.54.